The number of nitrogens with two attached hydrogens (primary N) is 3. The van der Waals surface area contributed by atoms with Crippen LogP contribution in [-0.4, -0.2) is 30.5 Å². The maximum atomic E-state index is 12.0. The van der Waals surface area contributed by atoms with Crippen LogP contribution in [0.2, 0.25) is 0 Å². The minimum atomic E-state index is -0.777. The van der Waals surface area contributed by atoms with E-state index in [2.05, 4.69) is 15.6 Å². The van der Waals surface area contributed by atoms with Crippen molar-refractivity contribution in [1.29, 1.82) is 0 Å². The summed E-state index contributed by atoms with van der Waals surface area (Å²) in [6.45, 7) is 0.711. The molecule has 0 fully saturated rings. The van der Waals surface area contributed by atoms with Crippen molar-refractivity contribution in [2.24, 2.45) is 22.2 Å². The van der Waals surface area contributed by atoms with Crippen molar-refractivity contribution in [3.05, 3.63) is 48.0 Å². The van der Waals surface area contributed by atoms with Crippen LogP contribution >= 0.6 is 0 Å². The summed E-state index contributed by atoms with van der Waals surface area (Å²) in [5.41, 5.74) is 16.8. The van der Waals surface area contributed by atoms with E-state index in [1.807, 2.05) is 42.5 Å². The van der Waals surface area contributed by atoms with Crippen LogP contribution in [0, 0.1) is 0 Å². The lowest BCUT2D eigenvalue weighted by molar-refractivity contribution is -0.119. The Kier molecular flexibility index (Phi) is 6.78. The molecule has 0 aliphatic carbocycles. The molecule has 8 nitrogen and oxygen atoms in total. The fraction of sp³-hybridized carbons (Fsp3) is 0.278. The first kappa shape index (κ1) is 19.0. The fourth-order valence-electron chi connectivity index (χ4n) is 2.53. The van der Waals surface area contributed by atoms with E-state index in [1.165, 1.54) is 0 Å². The molecule has 0 radical (unpaired) electrons. The van der Waals surface area contributed by atoms with Crippen molar-refractivity contribution in [1.82, 2.24) is 10.6 Å². The molecule has 2 aromatic rings. The highest BCUT2D eigenvalue weighted by molar-refractivity contribution is 5.86. The summed E-state index contributed by atoms with van der Waals surface area (Å²) in [5.74, 6) is -0.614. The summed E-state index contributed by atoms with van der Waals surface area (Å²) in [6.07, 6.45) is 0.881. The molecule has 0 unspecified atom stereocenters. The Balaban J connectivity index is 1.84. The zero-order valence-corrected chi connectivity index (χ0v) is 14.4. The number of hydrogen-bond donors (Lipinski definition) is 5. The summed E-state index contributed by atoms with van der Waals surface area (Å²) in [7, 11) is 0. The van der Waals surface area contributed by atoms with Crippen LogP contribution in [0.1, 0.15) is 18.4 Å². The standard InChI is InChI=1S/C18H24N6O2/c19-16(25)15(6-3-9-22-17(20)21)24-18(26)23-11-12-7-8-13-4-1-2-5-14(13)10-12/h1-2,4-5,7-8,10,15H,3,6,9,11H2,(H2,19,25)(H4,20,21,22)(H2,23,24,26)/t15-/m0/s1. The van der Waals surface area contributed by atoms with Gasteiger partial charge in [-0.2, -0.15) is 0 Å². The molecule has 3 amide bonds. The molecular weight excluding hydrogens is 332 g/mol. The molecule has 8 heteroatoms. The monoisotopic (exact) mass is 356 g/mol. The van der Waals surface area contributed by atoms with Gasteiger partial charge in [0.15, 0.2) is 5.96 Å². The van der Waals surface area contributed by atoms with Crippen LogP contribution in [0.3, 0.4) is 0 Å². The average Bonchev–Trinajstić information content (AvgIpc) is 2.62. The fourth-order valence-corrected chi connectivity index (χ4v) is 2.53. The van der Waals surface area contributed by atoms with Gasteiger partial charge in [0.25, 0.3) is 0 Å². The Morgan fingerprint density at radius 2 is 1.77 bits per heavy atom. The lowest BCUT2D eigenvalue weighted by atomic mass is 10.1. The van der Waals surface area contributed by atoms with Crippen molar-refractivity contribution in [3.63, 3.8) is 0 Å². The quantitative estimate of drug-likeness (QED) is 0.267. The highest BCUT2D eigenvalue weighted by atomic mass is 16.2. The van der Waals surface area contributed by atoms with Gasteiger partial charge in [0, 0.05) is 13.1 Å². The molecule has 0 aromatic heterocycles. The molecule has 0 bridgehead atoms. The normalized spacial score (nSPS) is 11.5. The van der Waals surface area contributed by atoms with Gasteiger partial charge in [-0.05, 0) is 35.2 Å². The van der Waals surface area contributed by atoms with E-state index in [0.717, 1.165) is 16.3 Å². The van der Waals surface area contributed by atoms with Crippen molar-refractivity contribution >= 4 is 28.7 Å². The first-order valence-corrected chi connectivity index (χ1v) is 8.32. The number of nitrogens with zero attached hydrogens (tertiary/aromatic N) is 1. The number of primary amides is 1. The number of guanidine groups is 1. The van der Waals surface area contributed by atoms with Crippen LogP contribution in [0.15, 0.2) is 47.5 Å². The Hall–Kier alpha value is -3.29. The van der Waals surface area contributed by atoms with Gasteiger partial charge >= 0.3 is 6.03 Å². The molecule has 8 N–H and O–H groups in total. The van der Waals surface area contributed by atoms with E-state index in [-0.39, 0.29) is 5.96 Å². The molecule has 1 atom stereocenters. The number of carbonyl (C=O) groups is 2. The van der Waals surface area contributed by atoms with Crippen molar-refractivity contribution in [2.45, 2.75) is 25.4 Å². The third-order valence-electron chi connectivity index (χ3n) is 3.86. The minimum Gasteiger partial charge on any atom is -0.370 e. The van der Waals surface area contributed by atoms with E-state index >= 15 is 0 Å². The minimum absolute atomic E-state index is 0.0123. The summed E-state index contributed by atoms with van der Waals surface area (Å²) in [5, 5.41) is 7.54. The predicted molar refractivity (Wildman–Crippen MR) is 102 cm³/mol. The predicted octanol–water partition coefficient (Wildman–Crippen LogP) is 0.547. The Morgan fingerprint density at radius 3 is 2.46 bits per heavy atom. The number of amides is 3. The third-order valence-corrected chi connectivity index (χ3v) is 3.86. The van der Waals surface area contributed by atoms with Crippen LogP contribution in [0.5, 0.6) is 0 Å². The molecule has 138 valence electrons. The highest BCUT2D eigenvalue weighted by Crippen LogP contribution is 2.15. The van der Waals surface area contributed by atoms with Crippen LogP contribution in [0.4, 0.5) is 4.79 Å². The average molecular weight is 356 g/mol. The Morgan fingerprint density at radius 1 is 1.04 bits per heavy atom. The van der Waals surface area contributed by atoms with Gasteiger partial charge in [0.2, 0.25) is 5.91 Å². The Bertz CT molecular complexity index is 801. The molecular formula is C18H24N6O2. The van der Waals surface area contributed by atoms with Gasteiger partial charge in [-0.15, -0.1) is 0 Å². The summed E-state index contributed by atoms with van der Waals surface area (Å²) in [4.78, 5) is 27.3. The molecule has 0 saturated carbocycles. The number of aliphatic imine (C=N–C) groups is 1. The highest BCUT2D eigenvalue weighted by Gasteiger charge is 2.17. The zero-order chi connectivity index (χ0) is 18.9. The van der Waals surface area contributed by atoms with Crippen molar-refractivity contribution < 1.29 is 9.59 Å². The molecule has 0 saturated heterocycles. The number of rotatable bonds is 8. The van der Waals surface area contributed by atoms with Gasteiger partial charge in [-0.1, -0.05) is 36.4 Å². The van der Waals surface area contributed by atoms with E-state index < -0.39 is 18.0 Å². The first-order valence-electron chi connectivity index (χ1n) is 8.32. The van der Waals surface area contributed by atoms with Gasteiger partial charge in [0.05, 0.1) is 0 Å². The summed E-state index contributed by atoms with van der Waals surface area (Å²) in [6, 6.07) is 12.7. The maximum absolute atomic E-state index is 12.0. The summed E-state index contributed by atoms with van der Waals surface area (Å²) < 4.78 is 0. The van der Waals surface area contributed by atoms with E-state index in [1.54, 1.807) is 0 Å². The molecule has 0 spiro atoms. The lowest BCUT2D eigenvalue weighted by Gasteiger charge is -2.15. The van der Waals surface area contributed by atoms with Gasteiger partial charge in [0.1, 0.15) is 6.04 Å². The topological polar surface area (TPSA) is 149 Å². The van der Waals surface area contributed by atoms with Crippen molar-refractivity contribution in [3.8, 4) is 0 Å². The second kappa shape index (κ2) is 9.26. The largest absolute Gasteiger partial charge is 0.370 e. The number of fused-ring (bicyclic) bond motifs is 1. The second-order valence-corrected chi connectivity index (χ2v) is 5.91. The molecule has 0 heterocycles. The summed E-state index contributed by atoms with van der Waals surface area (Å²) >= 11 is 0. The number of urea groups is 1. The molecule has 2 aromatic carbocycles. The number of hydrogen-bond acceptors (Lipinski definition) is 3. The number of benzene rings is 2. The van der Waals surface area contributed by atoms with Gasteiger partial charge < -0.3 is 27.8 Å². The third kappa shape index (κ3) is 5.97. The maximum Gasteiger partial charge on any atom is 0.315 e. The number of carbonyl (C=O) groups excluding carboxylic acids is 2. The molecule has 0 aliphatic rings. The zero-order valence-electron chi connectivity index (χ0n) is 14.4. The van der Waals surface area contributed by atoms with Gasteiger partial charge in [-0.25, -0.2) is 4.79 Å². The first-order chi connectivity index (χ1) is 12.5. The second-order valence-electron chi connectivity index (χ2n) is 5.91. The molecule has 2 rings (SSSR count). The van der Waals surface area contributed by atoms with Crippen LogP contribution in [0.25, 0.3) is 10.8 Å². The smallest absolute Gasteiger partial charge is 0.315 e. The Labute approximate surface area is 151 Å². The van der Waals surface area contributed by atoms with E-state index in [9.17, 15) is 9.59 Å². The molecule has 26 heavy (non-hydrogen) atoms. The van der Waals surface area contributed by atoms with Crippen LogP contribution < -0.4 is 27.8 Å². The van der Waals surface area contributed by atoms with E-state index in [0.29, 0.717) is 25.9 Å². The van der Waals surface area contributed by atoms with Crippen LogP contribution in [-0.2, 0) is 11.3 Å². The van der Waals surface area contributed by atoms with Crippen molar-refractivity contribution in [2.75, 3.05) is 6.54 Å². The van der Waals surface area contributed by atoms with Gasteiger partial charge in [-0.3, -0.25) is 9.79 Å². The molecule has 0 aliphatic heterocycles. The number of nitrogens with one attached hydrogen (secondary N) is 2. The lowest BCUT2D eigenvalue weighted by Crippen LogP contribution is -2.48. The van der Waals surface area contributed by atoms with E-state index in [4.69, 9.17) is 17.2 Å². The SMILES string of the molecule is NC(=O)[C@H](CCCN=C(N)N)NC(=O)NCc1ccc2ccccc2c1.